The van der Waals surface area contributed by atoms with Crippen molar-refractivity contribution in [2.24, 2.45) is 0 Å². The lowest BCUT2D eigenvalue weighted by Crippen LogP contribution is -2.49. The van der Waals surface area contributed by atoms with Crippen LogP contribution in [0.2, 0.25) is 0 Å². The molecule has 4 nitrogen and oxygen atoms in total. The molecule has 0 saturated carbocycles. The first-order chi connectivity index (χ1) is 10.9. The maximum atomic E-state index is 5.82. The van der Waals surface area contributed by atoms with Gasteiger partial charge in [-0.15, -0.1) is 0 Å². The van der Waals surface area contributed by atoms with E-state index in [1.807, 2.05) is 24.3 Å². The number of hydrogen-bond acceptors (Lipinski definition) is 4. The van der Waals surface area contributed by atoms with Crippen molar-refractivity contribution in [3.63, 3.8) is 0 Å². The standard InChI is InChI=1S/C17H19BN2O2/c1-3-7-16-13(5-1)9-15(11-21-16)19-18-20-10-14-6-2-4-8-17(14)22-12-20/h1-8,15,18-19H,9-12H2. The van der Waals surface area contributed by atoms with Crippen LogP contribution in [-0.2, 0) is 13.0 Å². The molecule has 112 valence electrons. The van der Waals surface area contributed by atoms with E-state index in [4.69, 9.17) is 9.47 Å². The largest absolute Gasteiger partial charge is 0.492 e. The molecule has 2 heterocycles. The highest BCUT2D eigenvalue weighted by Crippen LogP contribution is 2.25. The first-order valence-electron chi connectivity index (χ1n) is 7.75. The van der Waals surface area contributed by atoms with Gasteiger partial charge in [-0.05, 0) is 24.1 Å². The van der Waals surface area contributed by atoms with E-state index in [9.17, 15) is 0 Å². The van der Waals surface area contributed by atoms with Gasteiger partial charge in [0.1, 0.15) is 24.8 Å². The molecule has 0 amide bonds. The van der Waals surface area contributed by atoms with Crippen LogP contribution in [0.25, 0.3) is 0 Å². The first-order valence-corrected chi connectivity index (χ1v) is 7.75. The Bertz CT molecular complexity index is 607. The van der Waals surface area contributed by atoms with Crippen molar-refractivity contribution in [3.05, 3.63) is 59.7 Å². The van der Waals surface area contributed by atoms with Gasteiger partial charge in [0.15, 0.2) is 0 Å². The lowest BCUT2D eigenvalue weighted by molar-refractivity contribution is 0.165. The predicted molar refractivity (Wildman–Crippen MR) is 87.2 cm³/mol. The Balaban J connectivity index is 1.33. The van der Waals surface area contributed by atoms with Crippen molar-refractivity contribution in [2.45, 2.75) is 19.0 Å². The first kappa shape index (κ1) is 13.7. The average Bonchev–Trinajstić information content (AvgIpc) is 2.59. The summed E-state index contributed by atoms with van der Waals surface area (Å²) in [5, 5.41) is 3.58. The van der Waals surface area contributed by atoms with E-state index in [1.54, 1.807) is 0 Å². The van der Waals surface area contributed by atoms with E-state index in [-0.39, 0.29) is 0 Å². The minimum atomic E-state index is 0.354. The van der Waals surface area contributed by atoms with Crippen LogP contribution in [0.5, 0.6) is 11.5 Å². The van der Waals surface area contributed by atoms with Crippen molar-refractivity contribution < 1.29 is 9.47 Å². The number of fused-ring (bicyclic) bond motifs is 2. The van der Waals surface area contributed by atoms with Gasteiger partial charge < -0.3 is 14.7 Å². The van der Waals surface area contributed by atoms with Crippen molar-refractivity contribution in [1.29, 1.82) is 0 Å². The summed E-state index contributed by atoms with van der Waals surface area (Å²) in [4.78, 5) is 2.27. The summed E-state index contributed by atoms with van der Waals surface area (Å²) in [5.74, 6) is 2.03. The second-order valence-corrected chi connectivity index (χ2v) is 5.89. The molecule has 0 aliphatic carbocycles. The molecular formula is C17H19BN2O2. The number of para-hydroxylation sites is 2. The van der Waals surface area contributed by atoms with Crippen LogP contribution in [0.1, 0.15) is 11.1 Å². The maximum Gasteiger partial charge on any atom is 0.292 e. The molecule has 1 atom stereocenters. The smallest absolute Gasteiger partial charge is 0.292 e. The third kappa shape index (κ3) is 2.82. The molecule has 2 aromatic rings. The van der Waals surface area contributed by atoms with Crippen LogP contribution < -0.4 is 14.7 Å². The van der Waals surface area contributed by atoms with Gasteiger partial charge in [0.05, 0.1) is 0 Å². The van der Waals surface area contributed by atoms with Crippen LogP contribution in [-0.4, -0.2) is 31.7 Å². The Morgan fingerprint density at radius 2 is 1.68 bits per heavy atom. The number of hydrogen-bond donors (Lipinski definition) is 1. The monoisotopic (exact) mass is 294 g/mol. The molecule has 1 unspecified atom stereocenters. The zero-order chi connectivity index (χ0) is 14.8. The molecule has 2 aliphatic heterocycles. The Morgan fingerprint density at radius 1 is 0.955 bits per heavy atom. The van der Waals surface area contributed by atoms with Crippen LogP contribution in [0.3, 0.4) is 0 Å². The minimum absolute atomic E-state index is 0.354. The van der Waals surface area contributed by atoms with Crippen LogP contribution >= 0.6 is 0 Å². The topological polar surface area (TPSA) is 33.7 Å². The summed E-state index contributed by atoms with van der Waals surface area (Å²) in [6.07, 6.45) is 1.02. The number of benzene rings is 2. The Labute approximate surface area is 131 Å². The summed E-state index contributed by atoms with van der Waals surface area (Å²) < 4.78 is 11.6. The summed E-state index contributed by atoms with van der Waals surface area (Å²) in [7, 11) is 0.810. The Hall–Kier alpha value is -1.98. The van der Waals surface area contributed by atoms with E-state index in [0.29, 0.717) is 12.8 Å². The SMILES string of the molecule is B(NC1COc2ccccc2C1)N1COc2ccccc2C1. The number of ether oxygens (including phenoxy) is 2. The number of rotatable bonds is 3. The molecule has 2 aliphatic rings. The van der Waals surface area contributed by atoms with Gasteiger partial charge in [0.2, 0.25) is 0 Å². The summed E-state index contributed by atoms with van der Waals surface area (Å²) >= 11 is 0. The molecule has 0 spiro atoms. The van der Waals surface area contributed by atoms with E-state index < -0.39 is 0 Å². The van der Waals surface area contributed by atoms with E-state index >= 15 is 0 Å². The zero-order valence-corrected chi connectivity index (χ0v) is 12.5. The highest BCUT2D eigenvalue weighted by Gasteiger charge is 2.22. The van der Waals surface area contributed by atoms with Gasteiger partial charge >= 0.3 is 0 Å². The summed E-state index contributed by atoms with van der Waals surface area (Å²) in [6, 6.07) is 16.9. The molecule has 0 radical (unpaired) electrons. The summed E-state index contributed by atoms with van der Waals surface area (Å²) in [5.41, 5.74) is 2.53. The highest BCUT2D eigenvalue weighted by molar-refractivity contribution is 6.28. The van der Waals surface area contributed by atoms with Crippen LogP contribution in [0, 0.1) is 0 Å². The van der Waals surface area contributed by atoms with E-state index in [1.165, 1.54) is 11.1 Å². The molecular weight excluding hydrogens is 275 g/mol. The maximum absolute atomic E-state index is 5.82. The third-order valence-electron chi connectivity index (χ3n) is 4.25. The number of nitrogens with one attached hydrogen (secondary N) is 1. The van der Waals surface area contributed by atoms with Crippen LogP contribution in [0.4, 0.5) is 0 Å². The fourth-order valence-electron chi connectivity index (χ4n) is 3.04. The van der Waals surface area contributed by atoms with Gasteiger partial charge in [-0.3, -0.25) is 4.81 Å². The summed E-state index contributed by atoms with van der Waals surface area (Å²) in [6.45, 7) is 2.28. The van der Waals surface area contributed by atoms with Gasteiger partial charge in [-0.25, -0.2) is 0 Å². The lowest BCUT2D eigenvalue weighted by Gasteiger charge is -2.31. The molecule has 0 fully saturated rings. The third-order valence-corrected chi connectivity index (χ3v) is 4.25. The zero-order valence-electron chi connectivity index (χ0n) is 12.5. The Kier molecular flexibility index (Phi) is 3.75. The molecule has 2 aromatic carbocycles. The molecule has 0 bridgehead atoms. The highest BCUT2D eigenvalue weighted by atomic mass is 16.5. The van der Waals surface area contributed by atoms with Crippen molar-refractivity contribution >= 4 is 7.55 Å². The van der Waals surface area contributed by atoms with Gasteiger partial charge in [0.25, 0.3) is 7.55 Å². The molecule has 1 N–H and O–H groups in total. The van der Waals surface area contributed by atoms with E-state index in [0.717, 1.165) is 38.6 Å². The normalized spacial score (nSPS) is 20.3. The quantitative estimate of drug-likeness (QED) is 0.874. The predicted octanol–water partition coefficient (Wildman–Crippen LogP) is 1.70. The molecule has 5 heteroatoms. The van der Waals surface area contributed by atoms with Gasteiger partial charge in [0, 0.05) is 18.2 Å². The fourth-order valence-corrected chi connectivity index (χ4v) is 3.04. The second kappa shape index (κ2) is 6.03. The van der Waals surface area contributed by atoms with E-state index in [2.05, 4.69) is 34.3 Å². The van der Waals surface area contributed by atoms with Crippen molar-refractivity contribution in [2.75, 3.05) is 13.3 Å². The lowest BCUT2D eigenvalue weighted by atomic mass is 9.97. The molecule has 22 heavy (non-hydrogen) atoms. The number of nitrogens with zero attached hydrogens (tertiary/aromatic N) is 1. The molecule has 0 saturated heterocycles. The minimum Gasteiger partial charge on any atom is -0.492 e. The van der Waals surface area contributed by atoms with Crippen LogP contribution in [0.15, 0.2) is 48.5 Å². The van der Waals surface area contributed by atoms with Gasteiger partial charge in [-0.1, -0.05) is 36.4 Å². The Morgan fingerprint density at radius 3 is 2.55 bits per heavy atom. The van der Waals surface area contributed by atoms with Gasteiger partial charge in [-0.2, -0.15) is 0 Å². The van der Waals surface area contributed by atoms with Crippen molar-refractivity contribution in [3.8, 4) is 11.5 Å². The second-order valence-electron chi connectivity index (χ2n) is 5.89. The fraction of sp³-hybridized carbons (Fsp3) is 0.294. The molecule has 0 aromatic heterocycles. The average molecular weight is 294 g/mol. The van der Waals surface area contributed by atoms with Crippen molar-refractivity contribution in [1.82, 2.24) is 10.0 Å². The molecule has 4 rings (SSSR count).